The quantitative estimate of drug-likeness (QED) is 0.887. The lowest BCUT2D eigenvalue weighted by molar-refractivity contribution is 0.581. The van der Waals surface area contributed by atoms with E-state index in [0.717, 1.165) is 16.6 Å². The highest BCUT2D eigenvalue weighted by Gasteiger charge is 2.12. The van der Waals surface area contributed by atoms with Crippen LogP contribution >= 0.6 is 0 Å². The first kappa shape index (κ1) is 14.9. The molecule has 1 unspecified atom stereocenters. The second-order valence-electron chi connectivity index (χ2n) is 4.91. The summed E-state index contributed by atoms with van der Waals surface area (Å²) in [5.74, 6) is 0.390. The van der Waals surface area contributed by atoms with Crippen molar-refractivity contribution >= 4 is 20.7 Å². The van der Waals surface area contributed by atoms with Crippen molar-refractivity contribution in [3.8, 4) is 0 Å². The summed E-state index contributed by atoms with van der Waals surface area (Å²) < 4.78 is 22.9. The van der Waals surface area contributed by atoms with Crippen LogP contribution in [0.5, 0.6) is 0 Å². The summed E-state index contributed by atoms with van der Waals surface area (Å²) in [5, 5.41) is 1.08. The van der Waals surface area contributed by atoms with Gasteiger partial charge in [-0.3, -0.25) is 4.98 Å². The number of nitrogens with zero attached hydrogens (tertiary/aromatic N) is 1. The van der Waals surface area contributed by atoms with Gasteiger partial charge in [-0.05, 0) is 25.0 Å². The number of rotatable bonds is 6. The van der Waals surface area contributed by atoms with E-state index in [1.807, 2.05) is 36.4 Å². The number of benzene rings is 1. The molecule has 2 rings (SSSR count). The number of hydrogen-bond acceptors (Lipinski definition) is 4. The molecule has 1 heterocycles. The van der Waals surface area contributed by atoms with Crippen LogP contribution in [-0.4, -0.2) is 24.9 Å². The van der Waals surface area contributed by atoms with E-state index in [1.165, 1.54) is 0 Å². The van der Waals surface area contributed by atoms with Gasteiger partial charge >= 0.3 is 0 Å². The van der Waals surface area contributed by atoms with E-state index in [1.54, 1.807) is 6.92 Å². The predicted molar refractivity (Wildman–Crippen MR) is 82.2 cm³/mol. The molecule has 0 saturated carbocycles. The molecule has 20 heavy (non-hydrogen) atoms. The Bertz CT molecular complexity index is 683. The molecule has 2 N–H and O–H groups in total. The van der Waals surface area contributed by atoms with Crippen LogP contribution in [0.3, 0.4) is 0 Å². The van der Waals surface area contributed by atoms with Crippen LogP contribution in [0.2, 0.25) is 0 Å². The maximum atomic E-state index is 11.4. The van der Waals surface area contributed by atoms with E-state index in [2.05, 4.69) is 4.98 Å². The second-order valence-corrected chi connectivity index (χ2v) is 7.39. The van der Waals surface area contributed by atoms with E-state index in [4.69, 9.17) is 5.73 Å². The largest absolute Gasteiger partial charge is 0.323 e. The van der Waals surface area contributed by atoms with Crippen molar-refractivity contribution in [2.24, 2.45) is 5.73 Å². The van der Waals surface area contributed by atoms with Crippen molar-refractivity contribution in [1.82, 2.24) is 4.98 Å². The lowest BCUT2D eigenvalue weighted by Crippen LogP contribution is -2.15. The van der Waals surface area contributed by atoms with Gasteiger partial charge in [-0.2, -0.15) is 0 Å². The summed E-state index contributed by atoms with van der Waals surface area (Å²) in [6.07, 6.45) is 1.20. The third-order valence-corrected chi connectivity index (χ3v) is 5.20. The molecule has 2 aromatic rings. The number of nitrogens with two attached hydrogens (primary N) is 1. The molecule has 0 aliphatic rings. The Morgan fingerprint density at radius 2 is 1.95 bits per heavy atom. The number of para-hydroxylation sites is 1. The lowest BCUT2D eigenvalue weighted by atomic mass is 10.1. The van der Waals surface area contributed by atoms with Crippen LogP contribution in [-0.2, 0) is 9.84 Å². The normalized spacial score (nSPS) is 13.5. The fourth-order valence-electron chi connectivity index (χ4n) is 2.10. The van der Waals surface area contributed by atoms with E-state index < -0.39 is 9.84 Å². The number of hydrogen-bond donors (Lipinski definition) is 1. The van der Waals surface area contributed by atoms with E-state index in [0.29, 0.717) is 12.8 Å². The van der Waals surface area contributed by atoms with Crippen molar-refractivity contribution in [2.75, 3.05) is 11.5 Å². The molecule has 0 fully saturated rings. The lowest BCUT2D eigenvalue weighted by Gasteiger charge is -2.11. The zero-order valence-electron chi connectivity index (χ0n) is 11.6. The van der Waals surface area contributed by atoms with Crippen LogP contribution < -0.4 is 5.73 Å². The maximum absolute atomic E-state index is 11.4. The molecular formula is C15H20N2O2S. The molecule has 5 heteroatoms. The number of fused-ring (bicyclic) bond motifs is 1. The molecule has 0 radical (unpaired) electrons. The summed E-state index contributed by atoms with van der Waals surface area (Å²) in [5.41, 5.74) is 7.83. The molecule has 1 atom stereocenters. The molecule has 1 aromatic heterocycles. The van der Waals surface area contributed by atoms with Crippen molar-refractivity contribution < 1.29 is 8.42 Å². The topological polar surface area (TPSA) is 73.0 Å². The maximum Gasteiger partial charge on any atom is 0.150 e. The van der Waals surface area contributed by atoms with Gasteiger partial charge in [0.2, 0.25) is 0 Å². The first-order valence-corrected chi connectivity index (χ1v) is 8.65. The number of pyridine rings is 1. The minimum absolute atomic E-state index is 0.191. The zero-order valence-corrected chi connectivity index (χ0v) is 12.4. The van der Waals surface area contributed by atoms with Crippen LogP contribution in [0.25, 0.3) is 10.9 Å². The Hall–Kier alpha value is -1.46. The van der Waals surface area contributed by atoms with Gasteiger partial charge in [-0.1, -0.05) is 31.2 Å². The van der Waals surface area contributed by atoms with Gasteiger partial charge in [0.1, 0.15) is 9.84 Å². The third-order valence-electron chi connectivity index (χ3n) is 3.41. The first-order valence-electron chi connectivity index (χ1n) is 6.83. The molecule has 0 saturated heterocycles. The fourth-order valence-corrected chi connectivity index (χ4v) is 3.00. The molecular weight excluding hydrogens is 272 g/mol. The van der Waals surface area contributed by atoms with Gasteiger partial charge in [0, 0.05) is 17.2 Å². The third kappa shape index (κ3) is 3.77. The van der Waals surface area contributed by atoms with Gasteiger partial charge in [0.15, 0.2) is 0 Å². The highest BCUT2D eigenvalue weighted by molar-refractivity contribution is 7.91. The summed E-state index contributed by atoms with van der Waals surface area (Å²) in [6.45, 7) is 1.67. The molecule has 0 bridgehead atoms. The van der Waals surface area contributed by atoms with Crippen LogP contribution in [0.1, 0.15) is 31.5 Å². The summed E-state index contributed by atoms with van der Waals surface area (Å²) in [6, 6.07) is 11.6. The average Bonchev–Trinajstić information content (AvgIpc) is 2.46. The monoisotopic (exact) mass is 292 g/mol. The predicted octanol–water partition coefficient (Wildman–Crippen LogP) is 2.45. The smallest absolute Gasteiger partial charge is 0.150 e. The Kier molecular flexibility index (Phi) is 4.73. The summed E-state index contributed by atoms with van der Waals surface area (Å²) in [4.78, 5) is 4.54. The number of aromatic nitrogens is 1. The highest BCUT2D eigenvalue weighted by Crippen LogP contribution is 2.18. The van der Waals surface area contributed by atoms with Crippen molar-refractivity contribution in [3.63, 3.8) is 0 Å². The molecule has 0 aliphatic heterocycles. The zero-order chi connectivity index (χ0) is 14.6. The van der Waals surface area contributed by atoms with Gasteiger partial charge in [0.05, 0.1) is 17.0 Å². The summed E-state index contributed by atoms with van der Waals surface area (Å²) >= 11 is 0. The Morgan fingerprint density at radius 1 is 1.20 bits per heavy atom. The first-order chi connectivity index (χ1) is 9.52. The Morgan fingerprint density at radius 3 is 2.70 bits per heavy atom. The number of sulfone groups is 1. The van der Waals surface area contributed by atoms with E-state index in [9.17, 15) is 8.42 Å². The SMILES string of the molecule is CCS(=O)(=O)CCCC(N)c1ccc2ccccc2n1. The molecule has 108 valence electrons. The Labute approximate surface area is 119 Å². The standard InChI is InChI=1S/C15H20N2O2S/c1-2-20(18,19)11-5-7-13(16)15-10-9-12-6-3-4-8-14(12)17-15/h3-4,6,8-10,13H,2,5,7,11,16H2,1H3. The van der Waals surface area contributed by atoms with Crippen molar-refractivity contribution in [1.29, 1.82) is 0 Å². The van der Waals surface area contributed by atoms with Crippen molar-refractivity contribution in [3.05, 3.63) is 42.1 Å². The molecule has 0 aliphatic carbocycles. The minimum atomic E-state index is -2.91. The van der Waals surface area contributed by atoms with Gasteiger partial charge in [-0.15, -0.1) is 0 Å². The molecule has 0 amide bonds. The fraction of sp³-hybridized carbons (Fsp3) is 0.400. The van der Waals surface area contributed by atoms with Gasteiger partial charge < -0.3 is 5.73 Å². The van der Waals surface area contributed by atoms with E-state index >= 15 is 0 Å². The average molecular weight is 292 g/mol. The molecule has 1 aromatic carbocycles. The van der Waals surface area contributed by atoms with Gasteiger partial charge in [0.25, 0.3) is 0 Å². The minimum Gasteiger partial charge on any atom is -0.323 e. The van der Waals surface area contributed by atoms with Crippen LogP contribution in [0, 0.1) is 0 Å². The van der Waals surface area contributed by atoms with Crippen molar-refractivity contribution in [2.45, 2.75) is 25.8 Å². The van der Waals surface area contributed by atoms with Crippen LogP contribution in [0.15, 0.2) is 36.4 Å². The molecule has 0 spiro atoms. The summed E-state index contributed by atoms with van der Waals surface area (Å²) in [7, 11) is -2.91. The second kappa shape index (κ2) is 6.33. The highest BCUT2D eigenvalue weighted by atomic mass is 32.2. The van der Waals surface area contributed by atoms with Crippen LogP contribution in [0.4, 0.5) is 0 Å². The molecule has 4 nitrogen and oxygen atoms in total. The van der Waals surface area contributed by atoms with E-state index in [-0.39, 0.29) is 17.5 Å². The van der Waals surface area contributed by atoms with Gasteiger partial charge in [-0.25, -0.2) is 8.42 Å². The Balaban J connectivity index is 2.02.